The Morgan fingerprint density at radius 2 is 2.25 bits per heavy atom. The molecule has 1 rings (SSSR count). The van der Waals surface area contributed by atoms with Crippen molar-refractivity contribution in [1.29, 1.82) is 0 Å². The molecule has 12 heavy (non-hydrogen) atoms. The van der Waals surface area contributed by atoms with Crippen LogP contribution in [0, 0.1) is 5.92 Å². The van der Waals surface area contributed by atoms with Crippen LogP contribution in [0.4, 0.5) is 0 Å². The summed E-state index contributed by atoms with van der Waals surface area (Å²) in [4.78, 5) is 0. The molecule has 0 amide bonds. The molecule has 0 aliphatic carbocycles. The summed E-state index contributed by atoms with van der Waals surface area (Å²) >= 11 is 1.95. The van der Waals surface area contributed by atoms with E-state index in [0.717, 1.165) is 18.8 Å². The Labute approximate surface area is 84.9 Å². The summed E-state index contributed by atoms with van der Waals surface area (Å²) in [6.45, 7) is 3.98. The van der Waals surface area contributed by atoms with Gasteiger partial charge in [-0.25, -0.2) is 0 Å². The van der Waals surface area contributed by atoms with Gasteiger partial charge in [0.1, 0.15) is 0 Å². The Bertz CT molecular complexity index is 115. The van der Waals surface area contributed by atoms with E-state index in [1.54, 1.807) is 0 Å². The molecule has 2 atom stereocenters. The van der Waals surface area contributed by atoms with Crippen LogP contribution < -0.4 is 5.32 Å². The predicted octanol–water partition coefficient (Wildman–Crippen LogP) is 1.13. The number of hydrogen-bond donors (Lipinski definition) is 2. The van der Waals surface area contributed by atoms with Crippen molar-refractivity contribution in [1.82, 2.24) is 5.32 Å². The van der Waals surface area contributed by atoms with E-state index in [4.69, 9.17) is 0 Å². The van der Waals surface area contributed by atoms with E-state index >= 15 is 0 Å². The van der Waals surface area contributed by atoms with Crippen molar-refractivity contribution >= 4 is 24.2 Å². The Kier molecular flexibility index (Phi) is 7.34. The monoisotopic (exact) mass is 211 g/mol. The first-order valence-corrected chi connectivity index (χ1v) is 5.46. The Balaban J connectivity index is 0.00000121. The summed E-state index contributed by atoms with van der Waals surface area (Å²) in [5, 5.41) is 12.6. The number of halogens is 1. The maximum absolute atomic E-state index is 9.41. The minimum Gasteiger partial charge on any atom is -0.391 e. The second kappa shape index (κ2) is 7.01. The maximum Gasteiger partial charge on any atom is 0.0712 e. The molecule has 1 aliphatic heterocycles. The second-order valence-corrected chi connectivity index (χ2v) is 4.21. The molecule has 4 heteroatoms. The summed E-state index contributed by atoms with van der Waals surface area (Å²) in [5.41, 5.74) is 0. The molecule has 1 saturated heterocycles. The van der Waals surface area contributed by atoms with Gasteiger partial charge >= 0.3 is 0 Å². The number of thioether (sulfide) groups is 1. The first-order valence-electron chi connectivity index (χ1n) is 4.31. The molecule has 0 spiro atoms. The Hall–Kier alpha value is 0.560. The Morgan fingerprint density at radius 1 is 1.50 bits per heavy atom. The molecule has 1 aliphatic rings. The fraction of sp³-hybridized carbons (Fsp3) is 1.00. The highest BCUT2D eigenvalue weighted by Gasteiger charge is 2.23. The largest absolute Gasteiger partial charge is 0.391 e. The lowest BCUT2D eigenvalue weighted by Crippen LogP contribution is -2.19. The van der Waals surface area contributed by atoms with Gasteiger partial charge < -0.3 is 10.4 Å². The standard InChI is InChI=1S/C8H17NOS.ClH/c1-2-3-11-6-7-4-9-5-8(7)10;/h7-10H,2-6H2,1H3;1H/t7-,8+;/m1./s1. The van der Waals surface area contributed by atoms with Gasteiger partial charge in [-0.05, 0) is 17.9 Å². The van der Waals surface area contributed by atoms with Gasteiger partial charge in [-0.3, -0.25) is 0 Å². The van der Waals surface area contributed by atoms with Crippen LogP contribution in [-0.2, 0) is 0 Å². The van der Waals surface area contributed by atoms with E-state index in [9.17, 15) is 5.11 Å². The quantitative estimate of drug-likeness (QED) is 0.684. The van der Waals surface area contributed by atoms with Gasteiger partial charge in [-0.1, -0.05) is 6.92 Å². The van der Waals surface area contributed by atoms with Gasteiger partial charge in [-0.2, -0.15) is 11.8 Å². The van der Waals surface area contributed by atoms with Crippen LogP contribution in [0.1, 0.15) is 13.3 Å². The molecule has 2 nitrogen and oxygen atoms in total. The molecule has 0 aromatic rings. The van der Waals surface area contributed by atoms with Crippen LogP contribution in [0.25, 0.3) is 0 Å². The van der Waals surface area contributed by atoms with Crippen molar-refractivity contribution in [2.75, 3.05) is 24.6 Å². The van der Waals surface area contributed by atoms with Gasteiger partial charge in [0.25, 0.3) is 0 Å². The fourth-order valence-electron chi connectivity index (χ4n) is 1.27. The van der Waals surface area contributed by atoms with Crippen molar-refractivity contribution in [3.05, 3.63) is 0 Å². The molecule has 0 bridgehead atoms. The lowest BCUT2D eigenvalue weighted by atomic mass is 10.1. The van der Waals surface area contributed by atoms with Crippen LogP contribution in [-0.4, -0.2) is 35.8 Å². The molecule has 2 N–H and O–H groups in total. The number of β-amino-alcohol motifs (C(OH)–C–C–N with tert-alkyl or cyclic N) is 1. The minimum atomic E-state index is -0.0978. The number of aliphatic hydroxyl groups excluding tert-OH is 1. The van der Waals surface area contributed by atoms with Crippen molar-refractivity contribution in [3.8, 4) is 0 Å². The number of nitrogens with one attached hydrogen (secondary N) is 1. The molecule has 0 radical (unpaired) electrons. The molecule has 1 heterocycles. The van der Waals surface area contributed by atoms with E-state index in [1.165, 1.54) is 12.2 Å². The van der Waals surface area contributed by atoms with Gasteiger partial charge in [0.2, 0.25) is 0 Å². The van der Waals surface area contributed by atoms with Crippen molar-refractivity contribution in [2.45, 2.75) is 19.4 Å². The van der Waals surface area contributed by atoms with Crippen molar-refractivity contribution < 1.29 is 5.11 Å². The minimum absolute atomic E-state index is 0. The fourth-order valence-corrected chi connectivity index (χ4v) is 2.37. The van der Waals surface area contributed by atoms with Crippen LogP contribution in [0.3, 0.4) is 0 Å². The maximum atomic E-state index is 9.41. The van der Waals surface area contributed by atoms with Gasteiger partial charge in [0.05, 0.1) is 6.10 Å². The molecule has 0 saturated carbocycles. The lowest BCUT2D eigenvalue weighted by Gasteiger charge is -2.11. The smallest absolute Gasteiger partial charge is 0.0712 e. The van der Waals surface area contributed by atoms with Crippen LogP contribution >= 0.6 is 24.2 Å². The summed E-state index contributed by atoms with van der Waals surface area (Å²) in [6, 6.07) is 0. The molecule has 0 unspecified atom stereocenters. The summed E-state index contributed by atoms with van der Waals surface area (Å²) in [5.74, 6) is 2.83. The highest BCUT2D eigenvalue weighted by molar-refractivity contribution is 7.99. The zero-order valence-electron chi connectivity index (χ0n) is 7.45. The first-order chi connectivity index (χ1) is 5.34. The summed E-state index contributed by atoms with van der Waals surface area (Å²) in [7, 11) is 0. The average molecular weight is 212 g/mol. The molecule has 74 valence electrons. The van der Waals surface area contributed by atoms with Crippen LogP contribution in [0.15, 0.2) is 0 Å². The molecule has 0 aromatic heterocycles. The number of rotatable bonds is 4. The Morgan fingerprint density at radius 3 is 2.75 bits per heavy atom. The number of aliphatic hydroxyl groups is 1. The highest BCUT2D eigenvalue weighted by Crippen LogP contribution is 2.15. The first kappa shape index (κ1) is 12.6. The topological polar surface area (TPSA) is 32.3 Å². The van der Waals surface area contributed by atoms with Crippen molar-refractivity contribution in [2.24, 2.45) is 5.92 Å². The van der Waals surface area contributed by atoms with Crippen LogP contribution in [0.2, 0.25) is 0 Å². The third kappa shape index (κ3) is 3.99. The summed E-state index contributed by atoms with van der Waals surface area (Å²) < 4.78 is 0. The van der Waals surface area contributed by atoms with Crippen molar-refractivity contribution in [3.63, 3.8) is 0 Å². The van der Waals surface area contributed by atoms with E-state index in [2.05, 4.69) is 12.2 Å². The lowest BCUT2D eigenvalue weighted by molar-refractivity contribution is 0.158. The number of hydrogen-bond acceptors (Lipinski definition) is 3. The van der Waals surface area contributed by atoms with E-state index in [0.29, 0.717) is 5.92 Å². The van der Waals surface area contributed by atoms with Gasteiger partial charge in [-0.15, -0.1) is 12.4 Å². The second-order valence-electron chi connectivity index (χ2n) is 3.06. The van der Waals surface area contributed by atoms with Gasteiger partial charge in [0.15, 0.2) is 0 Å². The van der Waals surface area contributed by atoms with E-state index in [1.807, 2.05) is 11.8 Å². The normalized spacial score (nSPS) is 28.5. The third-order valence-electron chi connectivity index (χ3n) is 1.98. The predicted molar refractivity (Wildman–Crippen MR) is 57.2 cm³/mol. The molecular weight excluding hydrogens is 194 g/mol. The van der Waals surface area contributed by atoms with Gasteiger partial charge in [0, 0.05) is 19.0 Å². The third-order valence-corrected chi connectivity index (χ3v) is 3.35. The van der Waals surface area contributed by atoms with Crippen LogP contribution in [0.5, 0.6) is 0 Å². The molecule has 1 fully saturated rings. The van der Waals surface area contributed by atoms with E-state index < -0.39 is 0 Å². The van der Waals surface area contributed by atoms with E-state index in [-0.39, 0.29) is 18.5 Å². The highest BCUT2D eigenvalue weighted by atomic mass is 35.5. The zero-order chi connectivity index (χ0) is 8.10. The zero-order valence-corrected chi connectivity index (χ0v) is 9.09. The molecular formula is C8H18ClNOS. The SMILES string of the molecule is CCCSC[C@H]1CNC[C@@H]1O.Cl. The average Bonchev–Trinajstić information content (AvgIpc) is 2.37. The summed E-state index contributed by atoms with van der Waals surface area (Å²) in [6.07, 6.45) is 1.14. The molecule has 0 aromatic carbocycles.